The predicted octanol–water partition coefficient (Wildman–Crippen LogP) is 2.95. The number of methoxy groups -OCH3 is 1. The van der Waals surface area contributed by atoms with E-state index in [-0.39, 0.29) is 24.4 Å². The molecule has 1 aliphatic rings. The van der Waals surface area contributed by atoms with Gasteiger partial charge in [0.05, 0.1) is 19.8 Å². The molecule has 0 aliphatic carbocycles. The van der Waals surface area contributed by atoms with Gasteiger partial charge in [-0.3, -0.25) is 9.59 Å². The van der Waals surface area contributed by atoms with Crippen LogP contribution in [-0.2, 0) is 25.5 Å². The summed E-state index contributed by atoms with van der Waals surface area (Å²) in [6.45, 7) is 1.77. The summed E-state index contributed by atoms with van der Waals surface area (Å²) in [6, 6.07) is 14.6. The molecule has 3 rings (SSSR count). The molecule has 0 spiro atoms. The van der Waals surface area contributed by atoms with Gasteiger partial charge in [0.15, 0.2) is 0 Å². The number of amides is 1. The molecule has 0 aromatic heterocycles. The molecule has 0 radical (unpaired) electrons. The first-order chi connectivity index (χ1) is 12.7. The maximum Gasteiger partial charge on any atom is 0.305 e. The fourth-order valence-electron chi connectivity index (χ4n) is 3.43. The van der Waals surface area contributed by atoms with Crippen LogP contribution in [0.25, 0.3) is 10.8 Å². The Bertz CT molecular complexity index is 768. The molecule has 26 heavy (non-hydrogen) atoms. The number of benzene rings is 2. The van der Waals surface area contributed by atoms with Crippen molar-refractivity contribution in [3.8, 4) is 0 Å². The second-order valence-electron chi connectivity index (χ2n) is 6.60. The Morgan fingerprint density at radius 3 is 2.81 bits per heavy atom. The van der Waals surface area contributed by atoms with Crippen molar-refractivity contribution in [2.45, 2.75) is 31.8 Å². The number of morpholine rings is 1. The van der Waals surface area contributed by atoms with Gasteiger partial charge >= 0.3 is 5.97 Å². The molecule has 1 atom stereocenters. The Kier molecular flexibility index (Phi) is 6.23. The van der Waals surface area contributed by atoms with Gasteiger partial charge in [0, 0.05) is 32.4 Å². The Hall–Kier alpha value is -2.40. The highest BCUT2D eigenvalue weighted by Crippen LogP contribution is 2.22. The van der Waals surface area contributed by atoms with Crippen LogP contribution in [-0.4, -0.2) is 49.7 Å². The first-order valence-electron chi connectivity index (χ1n) is 9.10. The molecular formula is C21H25NO4. The first-order valence-corrected chi connectivity index (χ1v) is 9.10. The van der Waals surface area contributed by atoms with Gasteiger partial charge in [-0.25, -0.2) is 0 Å². The average Bonchev–Trinajstić information content (AvgIpc) is 2.68. The second kappa shape index (κ2) is 8.81. The van der Waals surface area contributed by atoms with Crippen molar-refractivity contribution in [2.24, 2.45) is 0 Å². The number of carbonyl (C=O) groups is 2. The molecule has 0 N–H and O–H groups in total. The number of ether oxygens (including phenoxy) is 2. The van der Waals surface area contributed by atoms with E-state index >= 15 is 0 Å². The molecule has 1 unspecified atom stereocenters. The topological polar surface area (TPSA) is 55.8 Å². The molecule has 5 nitrogen and oxygen atoms in total. The van der Waals surface area contributed by atoms with Crippen LogP contribution in [0.15, 0.2) is 42.5 Å². The number of fused-ring (bicyclic) bond motifs is 1. The van der Waals surface area contributed by atoms with E-state index in [1.165, 1.54) is 23.4 Å². The molecular weight excluding hydrogens is 330 g/mol. The van der Waals surface area contributed by atoms with Crippen molar-refractivity contribution in [2.75, 3.05) is 26.8 Å². The van der Waals surface area contributed by atoms with E-state index in [2.05, 4.69) is 35.1 Å². The normalized spacial score (nSPS) is 17.3. The lowest BCUT2D eigenvalue weighted by molar-refractivity contribution is -0.141. The van der Waals surface area contributed by atoms with Gasteiger partial charge in [-0.2, -0.15) is 0 Å². The van der Waals surface area contributed by atoms with E-state index < -0.39 is 0 Å². The van der Waals surface area contributed by atoms with Crippen molar-refractivity contribution in [1.82, 2.24) is 4.90 Å². The van der Waals surface area contributed by atoms with Gasteiger partial charge in [0.2, 0.25) is 5.91 Å². The molecule has 1 fully saturated rings. The van der Waals surface area contributed by atoms with E-state index in [9.17, 15) is 9.59 Å². The summed E-state index contributed by atoms with van der Waals surface area (Å²) in [5, 5.41) is 2.46. The minimum Gasteiger partial charge on any atom is -0.469 e. The van der Waals surface area contributed by atoms with Gasteiger partial charge in [-0.15, -0.1) is 0 Å². The van der Waals surface area contributed by atoms with Gasteiger partial charge in [0.1, 0.15) is 0 Å². The van der Waals surface area contributed by atoms with Crippen molar-refractivity contribution < 1.29 is 19.1 Å². The monoisotopic (exact) mass is 355 g/mol. The number of hydrogen-bond donors (Lipinski definition) is 0. The number of rotatable bonds is 6. The largest absolute Gasteiger partial charge is 0.469 e. The summed E-state index contributed by atoms with van der Waals surface area (Å²) in [5.41, 5.74) is 1.24. The quantitative estimate of drug-likeness (QED) is 0.748. The third-order valence-electron chi connectivity index (χ3n) is 4.82. The lowest BCUT2D eigenvalue weighted by Crippen LogP contribution is -2.46. The Morgan fingerprint density at radius 1 is 1.15 bits per heavy atom. The molecule has 2 aromatic carbocycles. The molecule has 5 heteroatoms. The third kappa shape index (κ3) is 4.61. The number of nitrogens with zero attached hydrogens (tertiary/aromatic N) is 1. The van der Waals surface area contributed by atoms with E-state index in [1.807, 2.05) is 17.0 Å². The van der Waals surface area contributed by atoms with E-state index in [0.29, 0.717) is 32.5 Å². The highest BCUT2D eigenvalue weighted by atomic mass is 16.5. The number of esters is 1. The van der Waals surface area contributed by atoms with E-state index in [1.54, 1.807) is 0 Å². The first kappa shape index (κ1) is 18.4. The summed E-state index contributed by atoms with van der Waals surface area (Å²) in [5.74, 6) is -0.186. The van der Waals surface area contributed by atoms with Gasteiger partial charge in [-0.05, 0) is 22.8 Å². The van der Waals surface area contributed by atoms with Crippen molar-refractivity contribution in [1.29, 1.82) is 0 Å². The van der Waals surface area contributed by atoms with Gasteiger partial charge < -0.3 is 14.4 Å². The van der Waals surface area contributed by atoms with E-state index in [0.717, 1.165) is 6.42 Å². The molecule has 138 valence electrons. The minimum absolute atomic E-state index is 0.000821. The molecule has 0 bridgehead atoms. The maximum atomic E-state index is 12.4. The Labute approximate surface area is 153 Å². The zero-order chi connectivity index (χ0) is 18.4. The van der Waals surface area contributed by atoms with Crippen LogP contribution >= 0.6 is 0 Å². The van der Waals surface area contributed by atoms with Crippen molar-refractivity contribution in [3.05, 3.63) is 48.0 Å². The van der Waals surface area contributed by atoms with Crippen molar-refractivity contribution in [3.63, 3.8) is 0 Å². The van der Waals surface area contributed by atoms with Crippen LogP contribution in [0.1, 0.15) is 24.8 Å². The zero-order valence-electron chi connectivity index (χ0n) is 15.1. The van der Waals surface area contributed by atoms with Crippen LogP contribution in [0.5, 0.6) is 0 Å². The Morgan fingerprint density at radius 2 is 1.96 bits per heavy atom. The predicted molar refractivity (Wildman–Crippen MR) is 99.8 cm³/mol. The molecule has 0 saturated carbocycles. The lowest BCUT2D eigenvalue weighted by atomic mass is 9.99. The SMILES string of the molecule is COC(=O)CCCC(=O)N1CCOC(Cc2cccc3ccccc23)C1. The minimum atomic E-state index is -0.270. The van der Waals surface area contributed by atoms with Crippen LogP contribution in [0, 0.1) is 0 Å². The summed E-state index contributed by atoms with van der Waals surface area (Å²) in [7, 11) is 1.37. The summed E-state index contributed by atoms with van der Waals surface area (Å²) in [6.07, 6.45) is 1.96. The van der Waals surface area contributed by atoms with Crippen LogP contribution < -0.4 is 0 Å². The lowest BCUT2D eigenvalue weighted by Gasteiger charge is -2.33. The number of hydrogen-bond acceptors (Lipinski definition) is 4. The average molecular weight is 355 g/mol. The summed E-state index contributed by atoms with van der Waals surface area (Å²) >= 11 is 0. The second-order valence-corrected chi connectivity index (χ2v) is 6.60. The zero-order valence-corrected chi connectivity index (χ0v) is 15.1. The standard InChI is InChI=1S/C21H25NO4/c1-25-21(24)11-5-10-20(23)22-12-13-26-18(15-22)14-17-8-4-7-16-6-2-3-9-19(16)17/h2-4,6-9,18H,5,10-15H2,1H3. The fraction of sp³-hybridized carbons (Fsp3) is 0.429. The highest BCUT2D eigenvalue weighted by molar-refractivity contribution is 5.85. The molecule has 1 saturated heterocycles. The van der Waals surface area contributed by atoms with Crippen LogP contribution in [0.2, 0.25) is 0 Å². The van der Waals surface area contributed by atoms with Crippen LogP contribution in [0.3, 0.4) is 0 Å². The summed E-state index contributed by atoms with van der Waals surface area (Å²) < 4.78 is 10.5. The van der Waals surface area contributed by atoms with Crippen molar-refractivity contribution >= 4 is 22.6 Å². The molecule has 1 amide bonds. The van der Waals surface area contributed by atoms with Gasteiger partial charge in [0.25, 0.3) is 0 Å². The Balaban J connectivity index is 1.58. The number of carbonyl (C=O) groups excluding carboxylic acids is 2. The third-order valence-corrected chi connectivity index (χ3v) is 4.82. The molecule has 1 aliphatic heterocycles. The fourth-order valence-corrected chi connectivity index (χ4v) is 3.43. The highest BCUT2D eigenvalue weighted by Gasteiger charge is 2.24. The summed E-state index contributed by atoms with van der Waals surface area (Å²) in [4.78, 5) is 25.4. The molecule has 1 heterocycles. The van der Waals surface area contributed by atoms with Crippen LogP contribution in [0.4, 0.5) is 0 Å². The van der Waals surface area contributed by atoms with Gasteiger partial charge in [-0.1, -0.05) is 42.5 Å². The smallest absolute Gasteiger partial charge is 0.305 e. The molecule has 2 aromatic rings. The van der Waals surface area contributed by atoms with E-state index in [4.69, 9.17) is 4.74 Å². The maximum absolute atomic E-state index is 12.4.